The maximum Gasteiger partial charge on any atom is 0.250 e. The minimum absolute atomic E-state index is 0.391. The zero-order valence-electron chi connectivity index (χ0n) is 9.79. The maximum absolute atomic E-state index is 11.4. The number of amides is 1. The van der Waals surface area contributed by atoms with Crippen LogP contribution in [0.3, 0.4) is 0 Å². The van der Waals surface area contributed by atoms with Crippen molar-refractivity contribution in [2.24, 2.45) is 5.73 Å². The summed E-state index contributed by atoms with van der Waals surface area (Å²) < 4.78 is 0. The third-order valence-electron chi connectivity index (χ3n) is 2.34. The number of aromatic nitrogens is 1. The second-order valence-electron chi connectivity index (χ2n) is 3.65. The van der Waals surface area contributed by atoms with Gasteiger partial charge in [0, 0.05) is 11.1 Å². The monoisotopic (exact) mass is 276 g/mol. The van der Waals surface area contributed by atoms with Gasteiger partial charge in [-0.3, -0.25) is 4.79 Å². The first-order valence-corrected chi connectivity index (χ1v) is 7.48. The second kappa shape index (κ2) is 5.93. The van der Waals surface area contributed by atoms with E-state index in [2.05, 4.69) is 4.98 Å². The molecule has 5 heteroatoms. The van der Waals surface area contributed by atoms with E-state index in [1.807, 2.05) is 43.3 Å². The van der Waals surface area contributed by atoms with E-state index in [0.717, 1.165) is 15.5 Å². The lowest BCUT2D eigenvalue weighted by atomic mass is 10.1. The zero-order valence-corrected chi connectivity index (χ0v) is 11.4. The fourth-order valence-electron chi connectivity index (χ4n) is 1.51. The fourth-order valence-corrected chi connectivity index (χ4v) is 3.64. The van der Waals surface area contributed by atoms with E-state index in [1.165, 1.54) is 21.6 Å². The molecule has 0 saturated heterocycles. The quantitative estimate of drug-likeness (QED) is 0.871. The average molecular weight is 276 g/mol. The molecule has 1 aromatic heterocycles. The molecule has 18 heavy (non-hydrogen) atoms. The summed E-state index contributed by atoms with van der Waals surface area (Å²) in [4.78, 5) is 16.5. The van der Waals surface area contributed by atoms with Gasteiger partial charge in [0.1, 0.15) is 5.03 Å². The van der Waals surface area contributed by atoms with Crippen LogP contribution < -0.4 is 5.73 Å². The van der Waals surface area contributed by atoms with E-state index < -0.39 is 5.91 Å². The highest BCUT2D eigenvalue weighted by Crippen LogP contribution is 2.38. The van der Waals surface area contributed by atoms with Gasteiger partial charge in [-0.1, -0.05) is 29.0 Å². The SMILES string of the molecule is Cc1cccc(SSc2ccccn2)c1C(N)=O. The van der Waals surface area contributed by atoms with Crippen LogP contribution in [0.1, 0.15) is 15.9 Å². The predicted molar refractivity (Wildman–Crippen MR) is 75.6 cm³/mol. The van der Waals surface area contributed by atoms with Crippen LogP contribution in [0.4, 0.5) is 0 Å². The average Bonchev–Trinajstić information content (AvgIpc) is 2.37. The van der Waals surface area contributed by atoms with Gasteiger partial charge >= 0.3 is 0 Å². The summed E-state index contributed by atoms with van der Waals surface area (Å²) in [5.74, 6) is -0.391. The summed E-state index contributed by atoms with van der Waals surface area (Å²) in [5.41, 5.74) is 6.89. The summed E-state index contributed by atoms with van der Waals surface area (Å²) in [6, 6.07) is 11.4. The summed E-state index contributed by atoms with van der Waals surface area (Å²) in [7, 11) is 3.01. The van der Waals surface area contributed by atoms with Crippen LogP contribution in [-0.4, -0.2) is 10.9 Å². The largest absolute Gasteiger partial charge is 0.366 e. The predicted octanol–water partition coefficient (Wildman–Crippen LogP) is 3.29. The highest BCUT2D eigenvalue weighted by molar-refractivity contribution is 8.76. The van der Waals surface area contributed by atoms with E-state index >= 15 is 0 Å². The van der Waals surface area contributed by atoms with Crippen molar-refractivity contribution < 1.29 is 4.79 Å². The number of carbonyl (C=O) groups is 1. The molecule has 0 radical (unpaired) electrons. The minimum atomic E-state index is -0.391. The number of primary amides is 1. The Hall–Kier alpha value is -1.46. The third kappa shape index (κ3) is 3.05. The molecule has 0 unspecified atom stereocenters. The molecule has 0 bridgehead atoms. The van der Waals surface area contributed by atoms with Crippen LogP contribution >= 0.6 is 21.6 Å². The van der Waals surface area contributed by atoms with Crippen LogP contribution in [0.5, 0.6) is 0 Å². The van der Waals surface area contributed by atoms with Crippen molar-refractivity contribution in [3.05, 3.63) is 53.7 Å². The van der Waals surface area contributed by atoms with Gasteiger partial charge in [0.2, 0.25) is 5.91 Å². The lowest BCUT2D eigenvalue weighted by molar-refractivity contribution is 0.0997. The van der Waals surface area contributed by atoms with Crippen molar-refractivity contribution in [2.45, 2.75) is 16.8 Å². The van der Waals surface area contributed by atoms with Crippen LogP contribution in [0, 0.1) is 6.92 Å². The van der Waals surface area contributed by atoms with Crippen molar-refractivity contribution >= 4 is 27.5 Å². The van der Waals surface area contributed by atoms with Crippen molar-refractivity contribution in [3.8, 4) is 0 Å². The molecule has 2 aromatic rings. The lowest BCUT2D eigenvalue weighted by Crippen LogP contribution is -2.13. The van der Waals surface area contributed by atoms with E-state index in [9.17, 15) is 4.79 Å². The number of hydrogen-bond donors (Lipinski definition) is 1. The molecular formula is C13H12N2OS2. The number of pyridine rings is 1. The fraction of sp³-hybridized carbons (Fsp3) is 0.0769. The summed E-state index contributed by atoms with van der Waals surface area (Å²) in [6.07, 6.45) is 1.74. The second-order valence-corrected chi connectivity index (χ2v) is 5.84. The number of carbonyl (C=O) groups excluding carboxylic acids is 1. The molecule has 0 spiro atoms. The van der Waals surface area contributed by atoms with Gasteiger partial charge in [-0.15, -0.1) is 0 Å². The highest BCUT2D eigenvalue weighted by Gasteiger charge is 2.12. The van der Waals surface area contributed by atoms with Crippen molar-refractivity contribution in [1.29, 1.82) is 0 Å². The smallest absolute Gasteiger partial charge is 0.250 e. The van der Waals surface area contributed by atoms with Crippen LogP contribution in [0.25, 0.3) is 0 Å². The number of hydrogen-bond acceptors (Lipinski definition) is 4. The summed E-state index contributed by atoms with van der Waals surface area (Å²) in [5, 5.41) is 0.902. The van der Waals surface area contributed by atoms with E-state index in [0.29, 0.717) is 5.56 Å². The molecule has 0 fully saturated rings. The van der Waals surface area contributed by atoms with Crippen LogP contribution in [-0.2, 0) is 0 Å². The van der Waals surface area contributed by atoms with E-state index in [1.54, 1.807) is 6.20 Å². The molecule has 2 N–H and O–H groups in total. The Morgan fingerprint density at radius 2 is 2.00 bits per heavy atom. The lowest BCUT2D eigenvalue weighted by Gasteiger charge is -2.08. The Balaban J connectivity index is 2.20. The molecule has 0 aliphatic rings. The van der Waals surface area contributed by atoms with Gasteiger partial charge in [0.25, 0.3) is 0 Å². The number of nitrogens with zero attached hydrogens (tertiary/aromatic N) is 1. The standard InChI is InChI=1S/C13H12N2OS2/c1-9-5-4-6-10(12(9)13(14)16)17-18-11-7-2-3-8-15-11/h2-8H,1H3,(H2,14,16). The minimum Gasteiger partial charge on any atom is -0.366 e. The van der Waals surface area contributed by atoms with Gasteiger partial charge in [-0.05, 0) is 41.5 Å². The maximum atomic E-state index is 11.4. The first-order chi connectivity index (χ1) is 8.68. The first kappa shape index (κ1) is 13.0. The molecule has 1 amide bonds. The van der Waals surface area contributed by atoms with Crippen LogP contribution in [0.15, 0.2) is 52.5 Å². The molecule has 92 valence electrons. The van der Waals surface area contributed by atoms with Gasteiger partial charge in [0.05, 0.1) is 5.56 Å². The van der Waals surface area contributed by atoms with E-state index in [4.69, 9.17) is 5.73 Å². The molecular weight excluding hydrogens is 264 g/mol. The number of benzene rings is 1. The molecule has 2 rings (SSSR count). The number of rotatable bonds is 4. The molecule has 0 atom stereocenters. The summed E-state index contributed by atoms with van der Waals surface area (Å²) >= 11 is 0. The first-order valence-electron chi connectivity index (χ1n) is 5.33. The molecule has 0 aliphatic carbocycles. The normalized spacial score (nSPS) is 10.3. The molecule has 3 nitrogen and oxygen atoms in total. The van der Waals surface area contributed by atoms with Crippen molar-refractivity contribution in [3.63, 3.8) is 0 Å². The Labute approximate surface area is 114 Å². The molecule has 0 aliphatic heterocycles. The Morgan fingerprint density at radius 1 is 1.17 bits per heavy atom. The van der Waals surface area contributed by atoms with Gasteiger partial charge in [0.15, 0.2) is 0 Å². The number of aryl methyl sites for hydroxylation is 1. The van der Waals surface area contributed by atoms with Crippen molar-refractivity contribution in [1.82, 2.24) is 4.98 Å². The molecule has 1 aromatic carbocycles. The number of nitrogens with two attached hydrogens (primary N) is 1. The van der Waals surface area contributed by atoms with Gasteiger partial charge in [-0.25, -0.2) is 4.98 Å². The topological polar surface area (TPSA) is 56.0 Å². The molecule has 0 saturated carbocycles. The summed E-state index contributed by atoms with van der Waals surface area (Å²) in [6.45, 7) is 1.88. The molecule has 1 heterocycles. The zero-order chi connectivity index (χ0) is 13.0. The third-order valence-corrected chi connectivity index (χ3v) is 4.65. The Bertz CT molecular complexity index is 558. The van der Waals surface area contributed by atoms with Crippen LogP contribution in [0.2, 0.25) is 0 Å². The Morgan fingerprint density at radius 3 is 2.67 bits per heavy atom. The van der Waals surface area contributed by atoms with Gasteiger partial charge in [-0.2, -0.15) is 0 Å². The Kier molecular flexibility index (Phi) is 4.28. The highest BCUT2D eigenvalue weighted by atomic mass is 33.1. The van der Waals surface area contributed by atoms with Crippen molar-refractivity contribution in [2.75, 3.05) is 0 Å². The van der Waals surface area contributed by atoms with E-state index in [-0.39, 0.29) is 0 Å². The van der Waals surface area contributed by atoms with Gasteiger partial charge < -0.3 is 5.73 Å².